The zero-order valence-electron chi connectivity index (χ0n) is 15.4. The molecule has 2 heterocycles. The number of sulfone groups is 1. The van der Waals surface area contributed by atoms with Crippen LogP contribution < -0.4 is 15.0 Å². The number of nitrogens with one attached hydrogen (secondary N) is 1. The molecule has 1 amide bonds. The van der Waals surface area contributed by atoms with E-state index >= 15 is 0 Å². The average Bonchev–Trinajstić information content (AvgIpc) is 3.03. The van der Waals surface area contributed by atoms with Gasteiger partial charge in [0.2, 0.25) is 0 Å². The molecule has 0 spiro atoms. The third-order valence-corrected chi connectivity index (χ3v) is 6.33. The highest BCUT2D eigenvalue weighted by Gasteiger charge is 2.31. The second kappa shape index (κ2) is 7.96. The molecule has 1 unspecified atom stereocenters. The Balaban J connectivity index is 1.69. The van der Waals surface area contributed by atoms with Crippen molar-refractivity contribution >= 4 is 27.1 Å². The van der Waals surface area contributed by atoms with Gasteiger partial charge < -0.3 is 15.0 Å². The normalized spacial score (nSPS) is 18.1. The van der Waals surface area contributed by atoms with E-state index in [1.54, 1.807) is 30.5 Å². The third kappa shape index (κ3) is 4.57. The van der Waals surface area contributed by atoms with Crippen LogP contribution >= 0.6 is 0 Å². The first-order chi connectivity index (χ1) is 12.9. The Labute approximate surface area is 159 Å². The van der Waals surface area contributed by atoms with E-state index in [9.17, 15) is 13.2 Å². The lowest BCUT2D eigenvalue weighted by Crippen LogP contribution is -2.32. The summed E-state index contributed by atoms with van der Waals surface area (Å²) < 4.78 is 28.8. The zero-order valence-corrected chi connectivity index (χ0v) is 16.2. The molecule has 0 saturated carbocycles. The van der Waals surface area contributed by atoms with Crippen molar-refractivity contribution in [1.82, 2.24) is 4.98 Å². The summed E-state index contributed by atoms with van der Waals surface area (Å²) in [4.78, 5) is 18.6. The lowest BCUT2D eigenvalue weighted by Gasteiger charge is -2.25. The Morgan fingerprint density at radius 1 is 1.30 bits per heavy atom. The summed E-state index contributed by atoms with van der Waals surface area (Å²) in [6.07, 6.45) is 2.20. The predicted octanol–water partition coefficient (Wildman–Crippen LogP) is 2.36. The van der Waals surface area contributed by atoms with Crippen molar-refractivity contribution in [3.8, 4) is 5.75 Å². The molecule has 7 nitrogen and oxygen atoms in total. The van der Waals surface area contributed by atoms with Gasteiger partial charge in [-0.2, -0.15) is 0 Å². The largest absolute Gasteiger partial charge is 0.492 e. The van der Waals surface area contributed by atoms with Crippen LogP contribution in [0.3, 0.4) is 0 Å². The summed E-state index contributed by atoms with van der Waals surface area (Å²) in [6.45, 7) is 2.38. The minimum absolute atomic E-state index is 0.0606. The molecule has 1 aromatic carbocycles. The molecule has 3 rings (SSSR count). The molecule has 2 aromatic rings. The Morgan fingerprint density at radius 2 is 2.07 bits per heavy atom. The third-order valence-electron chi connectivity index (χ3n) is 4.58. The number of para-hydroxylation sites is 2. The smallest absolute Gasteiger partial charge is 0.274 e. The maximum Gasteiger partial charge on any atom is 0.274 e. The lowest BCUT2D eigenvalue weighted by atomic mass is 10.2. The monoisotopic (exact) mass is 389 g/mol. The van der Waals surface area contributed by atoms with Crippen LogP contribution in [0.5, 0.6) is 5.75 Å². The van der Waals surface area contributed by atoms with Crippen molar-refractivity contribution in [3.05, 3.63) is 48.3 Å². The number of pyridine rings is 1. The summed E-state index contributed by atoms with van der Waals surface area (Å²) in [5.41, 5.74) is 1.64. The summed E-state index contributed by atoms with van der Waals surface area (Å²) in [5, 5.41) is 2.81. The highest BCUT2D eigenvalue weighted by molar-refractivity contribution is 7.91. The van der Waals surface area contributed by atoms with E-state index in [0.717, 1.165) is 5.69 Å². The Hall–Kier alpha value is -2.61. The number of hydrogen-bond donors (Lipinski definition) is 1. The van der Waals surface area contributed by atoms with Gasteiger partial charge in [-0.25, -0.2) is 13.4 Å². The number of carbonyl (C=O) groups is 1. The molecular weight excluding hydrogens is 366 g/mol. The van der Waals surface area contributed by atoms with Crippen molar-refractivity contribution < 1.29 is 17.9 Å². The molecule has 144 valence electrons. The second-order valence-corrected chi connectivity index (χ2v) is 8.68. The van der Waals surface area contributed by atoms with Crippen molar-refractivity contribution in [3.63, 3.8) is 0 Å². The minimum atomic E-state index is -2.95. The van der Waals surface area contributed by atoms with Gasteiger partial charge in [0, 0.05) is 13.1 Å². The first-order valence-electron chi connectivity index (χ1n) is 8.82. The predicted molar refractivity (Wildman–Crippen MR) is 105 cm³/mol. The number of hydrogen-bond acceptors (Lipinski definition) is 6. The van der Waals surface area contributed by atoms with Crippen molar-refractivity contribution in [2.75, 3.05) is 35.4 Å². The molecule has 1 aromatic heterocycles. The summed E-state index contributed by atoms with van der Waals surface area (Å²) in [5.74, 6) is 0.640. The Morgan fingerprint density at radius 3 is 2.70 bits per heavy atom. The van der Waals surface area contributed by atoms with Crippen LogP contribution in [0.4, 0.5) is 11.4 Å². The number of anilines is 2. The zero-order chi connectivity index (χ0) is 19.4. The molecule has 1 aliphatic rings. The SMILES string of the molecule is CCOc1ccccc1NC(=O)c1ccc(N(C)C2CCS(=O)(=O)C2)cn1. The highest BCUT2D eigenvalue weighted by Crippen LogP contribution is 2.25. The fourth-order valence-corrected chi connectivity index (χ4v) is 4.83. The van der Waals surface area contributed by atoms with Crippen molar-refractivity contribution in [1.29, 1.82) is 0 Å². The van der Waals surface area contributed by atoms with Gasteiger partial charge in [0.15, 0.2) is 9.84 Å². The molecule has 1 fully saturated rings. The number of ether oxygens (including phenoxy) is 1. The first kappa shape index (κ1) is 19.2. The van der Waals surface area contributed by atoms with E-state index in [4.69, 9.17) is 4.74 Å². The first-order valence-corrected chi connectivity index (χ1v) is 10.6. The van der Waals surface area contributed by atoms with Gasteiger partial charge in [0.1, 0.15) is 11.4 Å². The van der Waals surface area contributed by atoms with Crippen LogP contribution in [0, 0.1) is 0 Å². The van der Waals surface area contributed by atoms with Crippen LogP contribution in [-0.4, -0.2) is 50.5 Å². The van der Waals surface area contributed by atoms with Crippen LogP contribution in [0.15, 0.2) is 42.6 Å². The summed E-state index contributed by atoms with van der Waals surface area (Å²) in [6, 6.07) is 10.6. The average molecular weight is 389 g/mol. The second-order valence-electron chi connectivity index (χ2n) is 6.45. The van der Waals surface area contributed by atoms with Gasteiger partial charge in [-0.15, -0.1) is 0 Å². The maximum absolute atomic E-state index is 12.5. The molecular formula is C19H23N3O4S. The van der Waals surface area contributed by atoms with Gasteiger partial charge >= 0.3 is 0 Å². The van der Waals surface area contributed by atoms with E-state index in [0.29, 0.717) is 24.5 Å². The standard InChI is InChI=1S/C19H23N3O4S/c1-3-26-18-7-5-4-6-16(18)21-19(23)17-9-8-14(12-20-17)22(2)15-10-11-27(24,25)13-15/h4-9,12,15H,3,10-11,13H2,1-2H3,(H,21,23). The van der Waals surface area contributed by atoms with Crippen LogP contribution in [0.25, 0.3) is 0 Å². The maximum atomic E-state index is 12.5. The number of rotatable bonds is 6. The fourth-order valence-electron chi connectivity index (χ4n) is 3.06. The molecule has 0 bridgehead atoms. The summed E-state index contributed by atoms with van der Waals surface area (Å²) >= 11 is 0. The summed E-state index contributed by atoms with van der Waals surface area (Å²) in [7, 11) is -1.10. The Kier molecular flexibility index (Phi) is 5.65. The number of benzene rings is 1. The number of carbonyl (C=O) groups excluding carboxylic acids is 1. The van der Waals surface area contributed by atoms with E-state index in [2.05, 4.69) is 10.3 Å². The number of amides is 1. The fraction of sp³-hybridized carbons (Fsp3) is 0.368. The number of aromatic nitrogens is 1. The van der Waals surface area contributed by atoms with Gasteiger partial charge in [-0.05, 0) is 37.6 Å². The molecule has 1 N–H and O–H groups in total. The number of nitrogens with zero attached hydrogens (tertiary/aromatic N) is 2. The van der Waals surface area contributed by atoms with Gasteiger partial charge in [-0.3, -0.25) is 4.79 Å². The molecule has 1 atom stereocenters. The molecule has 0 radical (unpaired) electrons. The van der Waals surface area contributed by atoms with E-state index in [1.807, 2.05) is 31.0 Å². The van der Waals surface area contributed by atoms with E-state index in [-0.39, 0.29) is 29.1 Å². The van der Waals surface area contributed by atoms with Gasteiger partial charge in [0.05, 0.1) is 35.7 Å². The molecule has 1 aliphatic heterocycles. The van der Waals surface area contributed by atoms with Crippen molar-refractivity contribution in [2.45, 2.75) is 19.4 Å². The minimum Gasteiger partial charge on any atom is -0.492 e. The lowest BCUT2D eigenvalue weighted by molar-refractivity contribution is 0.102. The topological polar surface area (TPSA) is 88.6 Å². The quantitative estimate of drug-likeness (QED) is 0.816. The molecule has 1 saturated heterocycles. The molecule has 8 heteroatoms. The molecule has 0 aliphatic carbocycles. The van der Waals surface area contributed by atoms with E-state index in [1.165, 1.54) is 0 Å². The van der Waals surface area contributed by atoms with Gasteiger partial charge in [0.25, 0.3) is 5.91 Å². The Bertz CT molecular complexity index is 913. The van der Waals surface area contributed by atoms with Crippen LogP contribution in [0.1, 0.15) is 23.8 Å². The van der Waals surface area contributed by atoms with Crippen LogP contribution in [0.2, 0.25) is 0 Å². The van der Waals surface area contributed by atoms with E-state index < -0.39 is 9.84 Å². The molecule has 27 heavy (non-hydrogen) atoms. The van der Waals surface area contributed by atoms with Crippen LogP contribution in [-0.2, 0) is 9.84 Å². The highest BCUT2D eigenvalue weighted by atomic mass is 32.2. The van der Waals surface area contributed by atoms with Gasteiger partial charge in [-0.1, -0.05) is 12.1 Å². The van der Waals surface area contributed by atoms with Crippen molar-refractivity contribution in [2.24, 2.45) is 0 Å².